The summed E-state index contributed by atoms with van der Waals surface area (Å²) in [5, 5.41) is 2.75. The average Bonchev–Trinajstić information content (AvgIpc) is 2.58. The van der Waals surface area contributed by atoms with Crippen molar-refractivity contribution < 1.29 is 9.59 Å². The number of unbranched alkanes of at least 4 members (excludes halogenated alkanes) is 1. The van der Waals surface area contributed by atoms with Gasteiger partial charge in [-0.3, -0.25) is 9.59 Å². The second kappa shape index (κ2) is 9.30. The van der Waals surface area contributed by atoms with Crippen molar-refractivity contribution in [3.05, 3.63) is 35.9 Å². The van der Waals surface area contributed by atoms with E-state index in [-0.39, 0.29) is 18.4 Å². The van der Waals surface area contributed by atoms with Crippen LogP contribution >= 0.6 is 0 Å². The van der Waals surface area contributed by atoms with Crippen molar-refractivity contribution in [1.82, 2.24) is 15.1 Å². The van der Waals surface area contributed by atoms with Crippen molar-refractivity contribution in [2.24, 2.45) is 0 Å². The maximum atomic E-state index is 12.0. The molecule has 1 aromatic carbocycles. The van der Waals surface area contributed by atoms with E-state index < -0.39 is 0 Å². The molecule has 1 N–H and O–H groups in total. The molecule has 1 aromatic rings. The number of carbonyl (C=O) groups is 2. The van der Waals surface area contributed by atoms with Gasteiger partial charge in [-0.2, -0.15) is 0 Å². The van der Waals surface area contributed by atoms with Crippen LogP contribution < -0.4 is 5.32 Å². The number of benzene rings is 1. The van der Waals surface area contributed by atoms with Gasteiger partial charge in [0.25, 0.3) is 0 Å². The van der Waals surface area contributed by atoms with E-state index in [0.29, 0.717) is 6.42 Å². The number of amides is 2. The average molecular weight is 317 g/mol. The lowest BCUT2D eigenvalue weighted by Gasteiger charge is -2.32. The van der Waals surface area contributed by atoms with Crippen LogP contribution in [0.15, 0.2) is 30.3 Å². The highest BCUT2D eigenvalue weighted by Gasteiger charge is 2.18. The van der Waals surface area contributed by atoms with Gasteiger partial charge in [-0.1, -0.05) is 30.3 Å². The lowest BCUT2D eigenvalue weighted by molar-refractivity contribution is -0.134. The fourth-order valence-corrected chi connectivity index (χ4v) is 2.69. The molecular formula is C18H27N3O2. The van der Waals surface area contributed by atoms with E-state index in [1.54, 1.807) is 0 Å². The lowest BCUT2D eigenvalue weighted by atomic mass is 10.1. The van der Waals surface area contributed by atoms with Crippen molar-refractivity contribution in [2.45, 2.75) is 25.7 Å². The summed E-state index contributed by atoms with van der Waals surface area (Å²) in [7, 11) is 2.05. The largest absolute Gasteiger partial charge is 0.347 e. The van der Waals surface area contributed by atoms with Crippen LogP contribution in [0.2, 0.25) is 0 Å². The Balaban J connectivity index is 1.55. The molecule has 5 heteroatoms. The van der Waals surface area contributed by atoms with Gasteiger partial charge in [-0.25, -0.2) is 0 Å². The standard InChI is InChI=1S/C18H27N3O2/c1-20-11-13-21(14-12-20)18(23)15-19-17(22)10-6-5-9-16-7-3-2-4-8-16/h2-4,7-8H,5-6,9-15H2,1H3,(H,19,22). The summed E-state index contributed by atoms with van der Waals surface area (Å²) in [5.41, 5.74) is 1.30. The molecule has 1 aliphatic heterocycles. The molecule has 5 nitrogen and oxygen atoms in total. The zero-order chi connectivity index (χ0) is 16.5. The molecule has 1 heterocycles. The van der Waals surface area contributed by atoms with Gasteiger partial charge in [-0.15, -0.1) is 0 Å². The molecule has 0 atom stereocenters. The first kappa shape index (κ1) is 17.5. The van der Waals surface area contributed by atoms with Crippen molar-refractivity contribution in [3.8, 4) is 0 Å². The number of likely N-dealkylation sites (N-methyl/N-ethyl adjacent to an activating group) is 1. The molecule has 0 aromatic heterocycles. The van der Waals surface area contributed by atoms with Gasteiger partial charge >= 0.3 is 0 Å². The van der Waals surface area contributed by atoms with Crippen molar-refractivity contribution >= 4 is 11.8 Å². The minimum absolute atomic E-state index is 0.0238. The Morgan fingerprint density at radius 3 is 2.43 bits per heavy atom. The van der Waals surface area contributed by atoms with Crippen LogP contribution in [0.4, 0.5) is 0 Å². The predicted octanol–water partition coefficient (Wildman–Crippen LogP) is 1.29. The van der Waals surface area contributed by atoms with E-state index in [0.717, 1.165) is 45.4 Å². The fourth-order valence-electron chi connectivity index (χ4n) is 2.69. The molecule has 0 bridgehead atoms. The zero-order valence-corrected chi connectivity index (χ0v) is 14.0. The van der Waals surface area contributed by atoms with E-state index in [9.17, 15) is 9.59 Å². The van der Waals surface area contributed by atoms with Crippen molar-refractivity contribution in [3.63, 3.8) is 0 Å². The molecule has 0 spiro atoms. The number of nitrogens with one attached hydrogen (secondary N) is 1. The SMILES string of the molecule is CN1CCN(C(=O)CNC(=O)CCCCc2ccccc2)CC1. The Hall–Kier alpha value is -1.88. The Labute approximate surface area is 138 Å². The number of piperazine rings is 1. The summed E-state index contributed by atoms with van der Waals surface area (Å²) in [6.45, 7) is 3.43. The van der Waals surface area contributed by atoms with Crippen LogP contribution in [0, 0.1) is 0 Å². The van der Waals surface area contributed by atoms with Gasteiger partial charge in [0.1, 0.15) is 0 Å². The summed E-state index contributed by atoms with van der Waals surface area (Å²) in [6, 6.07) is 10.3. The van der Waals surface area contributed by atoms with E-state index in [2.05, 4.69) is 29.4 Å². The zero-order valence-electron chi connectivity index (χ0n) is 14.0. The fraction of sp³-hybridized carbons (Fsp3) is 0.556. The summed E-state index contributed by atoms with van der Waals surface area (Å²) in [6.07, 6.45) is 3.32. The third-order valence-electron chi connectivity index (χ3n) is 4.25. The third kappa shape index (κ3) is 6.40. The highest BCUT2D eigenvalue weighted by atomic mass is 16.2. The van der Waals surface area contributed by atoms with Gasteiger partial charge in [-0.05, 0) is 31.9 Å². The number of carbonyl (C=O) groups excluding carboxylic acids is 2. The smallest absolute Gasteiger partial charge is 0.242 e. The Morgan fingerprint density at radius 2 is 1.74 bits per heavy atom. The topological polar surface area (TPSA) is 52.6 Å². The van der Waals surface area contributed by atoms with E-state index in [4.69, 9.17) is 0 Å². The van der Waals surface area contributed by atoms with Crippen LogP contribution in [0.1, 0.15) is 24.8 Å². The maximum Gasteiger partial charge on any atom is 0.242 e. The minimum atomic E-state index is -0.0273. The van der Waals surface area contributed by atoms with Gasteiger partial charge < -0.3 is 15.1 Å². The molecule has 0 aliphatic carbocycles. The van der Waals surface area contributed by atoms with Crippen LogP contribution in [-0.2, 0) is 16.0 Å². The highest BCUT2D eigenvalue weighted by molar-refractivity contribution is 5.84. The summed E-state index contributed by atoms with van der Waals surface area (Å²) < 4.78 is 0. The summed E-state index contributed by atoms with van der Waals surface area (Å²) in [5.74, 6) is -0.00345. The normalized spacial score (nSPS) is 15.4. The van der Waals surface area contributed by atoms with E-state index >= 15 is 0 Å². The molecule has 2 rings (SSSR count). The van der Waals surface area contributed by atoms with E-state index in [1.165, 1.54) is 5.56 Å². The number of rotatable bonds is 7. The Morgan fingerprint density at radius 1 is 1.04 bits per heavy atom. The van der Waals surface area contributed by atoms with Gasteiger partial charge in [0.15, 0.2) is 0 Å². The van der Waals surface area contributed by atoms with Crippen molar-refractivity contribution in [1.29, 1.82) is 0 Å². The monoisotopic (exact) mass is 317 g/mol. The predicted molar refractivity (Wildman–Crippen MR) is 91.1 cm³/mol. The quantitative estimate of drug-likeness (QED) is 0.771. The first-order valence-corrected chi connectivity index (χ1v) is 8.42. The number of nitrogens with zero attached hydrogens (tertiary/aromatic N) is 2. The second-order valence-electron chi connectivity index (χ2n) is 6.15. The van der Waals surface area contributed by atoms with Crippen LogP contribution in [0.5, 0.6) is 0 Å². The van der Waals surface area contributed by atoms with Gasteiger partial charge in [0.2, 0.25) is 11.8 Å². The third-order valence-corrected chi connectivity index (χ3v) is 4.25. The van der Waals surface area contributed by atoms with Crippen molar-refractivity contribution in [2.75, 3.05) is 39.8 Å². The van der Waals surface area contributed by atoms with E-state index in [1.807, 2.05) is 23.1 Å². The highest BCUT2D eigenvalue weighted by Crippen LogP contribution is 2.06. The first-order chi connectivity index (χ1) is 11.1. The van der Waals surface area contributed by atoms with Crippen LogP contribution in [-0.4, -0.2) is 61.4 Å². The van der Waals surface area contributed by atoms with Crippen LogP contribution in [0.25, 0.3) is 0 Å². The molecule has 0 radical (unpaired) electrons. The first-order valence-electron chi connectivity index (χ1n) is 8.42. The van der Waals surface area contributed by atoms with Crippen LogP contribution in [0.3, 0.4) is 0 Å². The maximum absolute atomic E-state index is 12.0. The Bertz CT molecular complexity index is 496. The second-order valence-corrected chi connectivity index (χ2v) is 6.15. The number of hydrogen-bond donors (Lipinski definition) is 1. The molecule has 1 saturated heterocycles. The minimum Gasteiger partial charge on any atom is -0.347 e. The molecule has 126 valence electrons. The summed E-state index contributed by atoms with van der Waals surface area (Å²) in [4.78, 5) is 27.9. The Kier molecular flexibility index (Phi) is 7.07. The number of hydrogen-bond acceptors (Lipinski definition) is 3. The lowest BCUT2D eigenvalue weighted by Crippen LogP contribution is -2.50. The van der Waals surface area contributed by atoms with Gasteiger partial charge in [0.05, 0.1) is 6.54 Å². The molecular weight excluding hydrogens is 290 g/mol. The van der Waals surface area contributed by atoms with Gasteiger partial charge in [0, 0.05) is 32.6 Å². The summed E-state index contributed by atoms with van der Waals surface area (Å²) >= 11 is 0. The molecule has 1 fully saturated rings. The molecule has 1 aliphatic rings. The number of aryl methyl sites for hydroxylation is 1. The molecule has 0 saturated carbocycles. The molecule has 23 heavy (non-hydrogen) atoms. The molecule has 2 amide bonds. The molecule has 0 unspecified atom stereocenters.